The fraction of sp³-hybridized carbons (Fsp3) is 0.360. The number of benzene rings is 2. The van der Waals surface area contributed by atoms with E-state index in [2.05, 4.69) is 55.3 Å². The molecular formula is C25H28N2O3. The van der Waals surface area contributed by atoms with Gasteiger partial charge in [-0.25, -0.2) is 4.79 Å². The molecule has 1 aromatic heterocycles. The van der Waals surface area contributed by atoms with Gasteiger partial charge in [-0.05, 0) is 46.9 Å². The first-order chi connectivity index (χ1) is 14.4. The number of methoxy groups -OCH3 is 1. The minimum atomic E-state index is -0.937. The Balaban J connectivity index is 1.61. The molecule has 0 saturated carbocycles. The lowest BCUT2D eigenvalue weighted by Gasteiger charge is -2.29. The number of rotatable bonds is 6. The van der Waals surface area contributed by atoms with E-state index in [1.54, 1.807) is 7.11 Å². The van der Waals surface area contributed by atoms with Crippen LogP contribution >= 0.6 is 0 Å². The Labute approximate surface area is 177 Å². The van der Waals surface area contributed by atoms with Crippen molar-refractivity contribution in [3.8, 4) is 11.1 Å². The Bertz CT molecular complexity index is 1060. The third kappa shape index (κ3) is 4.03. The minimum Gasteiger partial charge on any atom is -0.476 e. The highest BCUT2D eigenvalue weighted by molar-refractivity contribution is 5.87. The van der Waals surface area contributed by atoms with Gasteiger partial charge in [-0.3, -0.25) is 4.68 Å². The maximum atomic E-state index is 11.8. The van der Waals surface area contributed by atoms with E-state index in [4.69, 9.17) is 4.74 Å². The maximum Gasteiger partial charge on any atom is 0.356 e. The lowest BCUT2D eigenvalue weighted by atomic mass is 9.76. The Morgan fingerprint density at radius 1 is 1.17 bits per heavy atom. The highest BCUT2D eigenvalue weighted by atomic mass is 16.5. The van der Waals surface area contributed by atoms with Crippen molar-refractivity contribution in [2.24, 2.45) is 5.41 Å². The quantitative estimate of drug-likeness (QED) is 0.631. The van der Waals surface area contributed by atoms with Gasteiger partial charge in [-0.1, -0.05) is 62.4 Å². The van der Waals surface area contributed by atoms with Crippen LogP contribution in [0.3, 0.4) is 0 Å². The number of nitrogens with zero attached hydrogens (tertiary/aromatic N) is 2. The van der Waals surface area contributed by atoms with E-state index >= 15 is 0 Å². The molecule has 0 amide bonds. The fourth-order valence-corrected chi connectivity index (χ4v) is 4.37. The maximum absolute atomic E-state index is 11.8. The first kappa shape index (κ1) is 20.4. The normalized spacial score (nSPS) is 15.0. The first-order valence-electron chi connectivity index (χ1n) is 10.4. The van der Waals surface area contributed by atoms with Crippen molar-refractivity contribution in [2.45, 2.75) is 46.3 Å². The summed E-state index contributed by atoms with van der Waals surface area (Å²) in [6.45, 7) is 5.54. The highest BCUT2D eigenvalue weighted by Gasteiger charge is 2.32. The first-order valence-corrected chi connectivity index (χ1v) is 10.4. The second-order valence-corrected chi connectivity index (χ2v) is 8.86. The number of fused-ring (bicyclic) bond motifs is 1. The highest BCUT2D eigenvalue weighted by Crippen LogP contribution is 2.36. The summed E-state index contributed by atoms with van der Waals surface area (Å²) in [5.41, 5.74) is 6.87. The molecule has 4 rings (SSSR count). The van der Waals surface area contributed by atoms with Gasteiger partial charge in [0.25, 0.3) is 0 Å². The van der Waals surface area contributed by atoms with E-state index in [1.165, 1.54) is 0 Å². The molecule has 0 saturated heterocycles. The third-order valence-corrected chi connectivity index (χ3v) is 5.98. The number of hydrogen-bond donors (Lipinski definition) is 1. The zero-order valence-corrected chi connectivity index (χ0v) is 17.8. The summed E-state index contributed by atoms with van der Waals surface area (Å²) in [6.07, 6.45) is 2.67. The molecule has 0 bridgehead atoms. The largest absolute Gasteiger partial charge is 0.476 e. The molecule has 5 heteroatoms. The average molecular weight is 405 g/mol. The van der Waals surface area contributed by atoms with E-state index in [1.807, 2.05) is 16.8 Å². The van der Waals surface area contributed by atoms with Crippen molar-refractivity contribution in [3.05, 3.63) is 76.6 Å². The predicted octanol–water partition coefficient (Wildman–Crippen LogP) is 4.96. The summed E-state index contributed by atoms with van der Waals surface area (Å²) >= 11 is 0. The van der Waals surface area contributed by atoms with Crippen molar-refractivity contribution >= 4 is 5.97 Å². The molecule has 1 heterocycles. The third-order valence-electron chi connectivity index (χ3n) is 5.98. The minimum absolute atomic E-state index is 0.113. The van der Waals surface area contributed by atoms with Gasteiger partial charge in [-0.15, -0.1) is 0 Å². The number of carboxylic acids is 1. The number of aromatic carboxylic acids is 1. The van der Waals surface area contributed by atoms with Gasteiger partial charge in [0.15, 0.2) is 5.69 Å². The standard InChI is InChI=1S/C25H28N2O3/c1-25(2)13-12-22-21(14-25)23(24(28)29)26-27(22)15-17-8-10-18(11-9-17)20-7-5-4-6-19(20)16-30-3/h4-11H,12-16H2,1-3H3,(H,28,29). The van der Waals surface area contributed by atoms with Crippen LogP contribution < -0.4 is 0 Å². The summed E-state index contributed by atoms with van der Waals surface area (Å²) in [5.74, 6) is -0.937. The molecule has 0 aliphatic heterocycles. The van der Waals surface area contributed by atoms with Crippen molar-refractivity contribution in [1.29, 1.82) is 0 Å². The van der Waals surface area contributed by atoms with Gasteiger partial charge < -0.3 is 9.84 Å². The van der Waals surface area contributed by atoms with E-state index in [0.29, 0.717) is 13.2 Å². The Hall–Kier alpha value is -2.92. The van der Waals surface area contributed by atoms with Crippen molar-refractivity contribution < 1.29 is 14.6 Å². The lowest BCUT2D eigenvalue weighted by Crippen LogP contribution is -2.24. The van der Waals surface area contributed by atoms with Gasteiger partial charge in [0.1, 0.15) is 0 Å². The lowest BCUT2D eigenvalue weighted by molar-refractivity contribution is 0.0687. The van der Waals surface area contributed by atoms with Crippen molar-refractivity contribution in [3.63, 3.8) is 0 Å². The van der Waals surface area contributed by atoms with Crippen molar-refractivity contribution in [1.82, 2.24) is 9.78 Å². The van der Waals surface area contributed by atoms with Crippen LogP contribution in [0.15, 0.2) is 48.5 Å². The molecular weight excluding hydrogens is 376 g/mol. The monoisotopic (exact) mass is 404 g/mol. The molecule has 30 heavy (non-hydrogen) atoms. The van der Waals surface area contributed by atoms with Crippen LogP contribution in [0.4, 0.5) is 0 Å². The number of hydrogen-bond acceptors (Lipinski definition) is 3. The summed E-state index contributed by atoms with van der Waals surface area (Å²) in [7, 11) is 1.71. The SMILES string of the molecule is COCc1ccccc1-c1ccc(Cn2nc(C(=O)O)c3c2CCC(C)(C)C3)cc1. The molecule has 3 aromatic rings. The van der Waals surface area contributed by atoms with Crippen LogP contribution in [0.5, 0.6) is 0 Å². The molecule has 1 N–H and O–H groups in total. The van der Waals surface area contributed by atoms with Gasteiger partial charge in [0.05, 0.1) is 13.2 Å². The van der Waals surface area contributed by atoms with Gasteiger partial charge in [-0.2, -0.15) is 5.10 Å². The van der Waals surface area contributed by atoms with E-state index in [0.717, 1.165) is 52.8 Å². The number of carboxylic acid groups (broad SMARTS) is 1. The Kier molecular flexibility index (Phi) is 5.48. The predicted molar refractivity (Wildman–Crippen MR) is 117 cm³/mol. The topological polar surface area (TPSA) is 64.4 Å². The smallest absolute Gasteiger partial charge is 0.356 e. The van der Waals surface area contributed by atoms with Gasteiger partial charge in [0, 0.05) is 18.4 Å². The molecule has 0 atom stereocenters. The molecule has 0 spiro atoms. The zero-order valence-electron chi connectivity index (χ0n) is 17.8. The van der Waals surface area contributed by atoms with Crippen LogP contribution in [0.25, 0.3) is 11.1 Å². The van der Waals surface area contributed by atoms with E-state index < -0.39 is 5.97 Å². The number of carbonyl (C=O) groups is 1. The van der Waals surface area contributed by atoms with Gasteiger partial charge in [0.2, 0.25) is 0 Å². The van der Waals surface area contributed by atoms with E-state index in [-0.39, 0.29) is 11.1 Å². The Morgan fingerprint density at radius 2 is 1.90 bits per heavy atom. The number of ether oxygens (including phenoxy) is 1. The zero-order chi connectivity index (χ0) is 21.3. The molecule has 156 valence electrons. The Morgan fingerprint density at radius 3 is 2.60 bits per heavy atom. The van der Waals surface area contributed by atoms with Gasteiger partial charge >= 0.3 is 5.97 Å². The molecule has 0 unspecified atom stereocenters. The summed E-state index contributed by atoms with van der Waals surface area (Å²) in [6, 6.07) is 16.7. The van der Waals surface area contributed by atoms with Crippen LogP contribution in [0.2, 0.25) is 0 Å². The molecule has 1 aliphatic rings. The number of aromatic nitrogens is 2. The second-order valence-electron chi connectivity index (χ2n) is 8.86. The van der Waals surface area contributed by atoms with E-state index in [9.17, 15) is 9.90 Å². The average Bonchev–Trinajstić information content (AvgIpc) is 3.06. The van der Waals surface area contributed by atoms with Crippen molar-refractivity contribution in [2.75, 3.05) is 7.11 Å². The molecule has 1 aliphatic carbocycles. The van der Waals surface area contributed by atoms with Crippen LogP contribution in [0, 0.1) is 5.41 Å². The molecule has 5 nitrogen and oxygen atoms in total. The summed E-state index contributed by atoms with van der Waals surface area (Å²) < 4.78 is 7.21. The summed E-state index contributed by atoms with van der Waals surface area (Å²) in [4.78, 5) is 11.8. The van der Waals surface area contributed by atoms with Crippen LogP contribution in [-0.2, 0) is 30.7 Å². The second kappa shape index (κ2) is 8.07. The van der Waals surface area contributed by atoms with Crippen LogP contribution in [0.1, 0.15) is 53.1 Å². The fourth-order valence-electron chi connectivity index (χ4n) is 4.37. The molecule has 0 fully saturated rings. The summed E-state index contributed by atoms with van der Waals surface area (Å²) in [5, 5.41) is 14.1. The molecule has 2 aromatic carbocycles. The molecule has 0 radical (unpaired) electrons. The van der Waals surface area contributed by atoms with Crippen LogP contribution in [-0.4, -0.2) is 28.0 Å².